The van der Waals surface area contributed by atoms with Crippen LogP contribution in [0.2, 0.25) is 5.02 Å². The van der Waals surface area contributed by atoms with Crippen molar-refractivity contribution in [2.75, 3.05) is 6.26 Å². The Hall–Kier alpha value is 0.730. The summed E-state index contributed by atoms with van der Waals surface area (Å²) in [6, 6.07) is 1.52. The molecule has 1 aliphatic rings. The van der Waals surface area contributed by atoms with Crippen LogP contribution in [-0.2, 0) is 10.0 Å². The number of thioether (sulfide) groups is 1. The quantitative estimate of drug-likeness (QED) is 0.852. The van der Waals surface area contributed by atoms with Gasteiger partial charge in [-0.1, -0.05) is 18.0 Å². The van der Waals surface area contributed by atoms with Crippen molar-refractivity contribution in [2.24, 2.45) is 0 Å². The summed E-state index contributed by atoms with van der Waals surface area (Å²) in [6.07, 6.45) is 5.08. The molecule has 0 aromatic carbocycles. The molecule has 3 nitrogen and oxygen atoms in total. The third-order valence-electron chi connectivity index (χ3n) is 2.95. The highest BCUT2D eigenvalue weighted by Gasteiger charge is 2.31. The van der Waals surface area contributed by atoms with Crippen molar-refractivity contribution >= 4 is 60.7 Å². The number of halogens is 2. The summed E-state index contributed by atoms with van der Waals surface area (Å²) < 4.78 is 28.2. The highest BCUT2D eigenvalue weighted by Crippen LogP contribution is 2.35. The van der Waals surface area contributed by atoms with Gasteiger partial charge < -0.3 is 0 Å². The summed E-state index contributed by atoms with van der Waals surface area (Å²) in [6.45, 7) is 0. The predicted octanol–water partition coefficient (Wildman–Crippen LogP) is 3.73. The van der Waals surface area contributed by atoms with Gasteiger partial charge >= 0.3 is 0 Å². The monoisotopic (exact) mass is 389 g/mol. The van der Waals surface area contributed by atoms with Crippen molar-refractivity contribution in [1.29, 1.82) is 0 Å². The van der Waals surface area contributed by atoms with Crippen LogP contribution >= 0.6 is 50.6 Å². The maximum absolute atomic E-state index is 12.2. The van der Waals surface area contributed by atoms with Crippen LogP contribution in [0.1, 0.15) is 19.3 Å². The first-order valence-electron chi connectivity index (χ1n) is 5.44. The maximum atomic E-state index is 12.2. The van der Waals surface area contributed by atoms with E-state index in [1.165, 1.54) is 6.07 Å². The van der Waals surface area contributed by atoms with Crippen LogP contribution in [-0.4, -0.2) is 26.0 Å². The van der Waals surface area contributed by atoms with Gasteiger partial charge in [0, 0.05) is 11.3 Å². The maximum Gasteiger partial charge on any atom is 0.250 e. The minimum Gasteiger partial charge on any atom is -0.206 e. The fraction of sp³-hybridized carbons (Fsp3) is 0.600. The second kappa shape index (κ2) is 6.01. The number of rotatable bonds is 4. The highest BCUT2D eigenvalue weighted by molar-refractivity contribution is 9.11. The molecular weight excluding hydrogens is 378 g/mol. The molecule has 1 saturated carbocycles. The standard InChI is InChI=1S/C10H13BrClNO2S3/c1-16-8-4-2-3-7(8)13-18(14,15)9-5-6(12)10(11)17-9/h5,7-8,13H,2-4H2,1H3. The van der Waals surface area contributed by atoms with Gasteiger partial charge in [0.15, 0.2) is 0 Å². The second-order valence-electron chi connectivity index (χ2n) is 4.12. The lowest BCUT2D eigenvalue weighted by Gasteiger charge is -2.18. The first kappa shape index (κ1) is 15.1. The molecule has 2 rings (SSSR count). The summed E-state index contributed by atoms with van der Waals surface area (Å²) >= 11 is 12.0. The molecule has 1 N–H and O–H groups in total. The molecule has 0 amide bonds. The highest BCUT2D eigenvalue weighted by atomic mass is 79.9. The molecule has 1 aliphatic carbocycles. The summed E-state index contributed by atoms with van der Waals surface area (Å²) in [5.41, 5.74) is 0. The largest absolute Gasteiger partial charge is 0.250 e. The Kier molecular flexibility index (Phi) is 5.05. The second-order valence-corrected chi connectivity index (χ2v) is 9.91. The third-order valence-corrected chi connectivity index (χ3v) is 8.56. The zero-order valence-electron chi connectivity index (χ0n) is 9.65. The number of hydrogen-bond donors (Lipinski definition) is 1. The van der Waals surface area contributed by atoms with Crippen molar-refractivity contribution in [3.8, 4) is 0 Å². The minimum atomic E-state index is -3.45. The van der Waals surface area contributed by atoms with E-state index in [9.17, 15) is 8.42 Å². The Morgan fingerprint density at radius 3 is 2.83 bits per heavy atom. The molecule has 0 saturated heterocycles. The smallest absolute Gasteiger partial charge is 0.206 e. The summed E-state index contributed by atoms with van der Waals surface area (Å²) in [5, 5.41) is 0.812. The fourth-order valence-corrected chi connectivity index (χ4v) is 6.81. The van der Waals surface area contributed by atoms with Crippen LogP contribution in [0.25, 0.3) is 0 Å². The van der Waals surface area contributed by atoms with E-state index in [-0.39, 0.29) is 10.3 Å². The van der Waals surface area contributed by atoms with Crippen LogP contribution < -0.4 is 4.72 Å². The minimum absolute atomic E-state index is 0.0321. The zero-order valence-corrected chi connectivity index (χ0v) is 14.4. The van der Waals surface area contributed by atoms with Crippen LogP contribution in [0.5, 0.6) is 0 Å². The number of sulfonamides is 1. The van der Waals surface area contributed by atoms with E-state index < -0.39 is 10.0 Å². The number of nitrogens with one attached hydrogen (secondary N) is 1. The Labute approximate surface area is 129 Å². The molecule has 1 fully saturated rings. The molecule has 0 aliphatic heterocycles. The Morgan fingerprint density at radius 2 is 2.28 bits per heavy atom. The number of thiophene rings is 1. The molecule has 1 heterocycles. The van der Waals surface area contributed by atoms with Gasteiger partial charge in [-0.15, -0.1) is 11.3 Å². The molecule has 18 heavy (non-hydrogen) atoms. The molecule has 2 unspecified atom stereocenters. The molecule has 0 radical (unpaired) electrons. The van der Waals surface area contributed by atoms with E-state index >= 15 is 0 Å². The Balaban J connectivity index is 2.17. The van der Waals surface area contributed by atoms with Crippen LogP contribution in [0, 0.1) is 0 Å². The Bertz CT molecular complexity index is 512. The van der Waals surface area contributed by atoms with E-state index in [1.54, 1.807) is 11.8 Å². The third kappa shape index (κ3) is 3.24. The predicted molar refractivity (Wildman–Crippen MR) is 82.3 cm³/mol. The zero-order chi connectivity index (χ0) is 13.3. The van der Waals surface area contributed by atoms with Gasteiger partial charge in [0.2, 0.25) is 10.0 Å². The van der Waals surface area contributed by atoms with E-state index in [2.05, 4.69) is 20.7 Å². The van der Waals surface area contributed by atoms with E-state index in [0.717, 1.165) is 30.6 Å². The topological polar surface area (TPSA) is 46.2 Å². The fourth-order valence-electron chi connectivity index (χ4n) is 2.06. The van der Waals surface area contributed by atoms with Gasteiger partial charge in [-0.05, 0) is 41.1 Å². The molecular formula is C10H13BrClNO2S3. The summed E-state index contributed by atoms with van der Waals surface area (Å²) in [7, 11) is -3.45. The average molecular weight is 391 g/mol. The van der Waals surface area contributed by atoms with Gasteiger partial charge in [0.1, 0.15) is 4.21 Å². The SMILES string of the molecule is CSC1CCCC1NS(=O)(=O)c1cc(Cl)c(Br)s1. The molecule has 1 aromatic rings. The lowest BCUT2D eigenvalue weighted by molar-refractivity contribution is 0.557. The molecule has 8 heteroatoms. The summed E-state index contributed by atoms with van der Waals surface area (Å²) in [5.74, 6) is 0. The van der Waals surface area contributed by atoms with Gasteiger partial charge in [-0.2, -0.15) is 11.8 Å². The van der Waals surface area contributed by atoms with Crippen molar-refractivity contribution in [3.05, 3.63) is 14.9 Å². The van der Waals surface area contributed by atoms with Crippen molar-refractivity contribution in [1.82, 2.24) is 4.72 Å². The van der Waals surface area contributed by atoms with E-state index in [4.69, 9.17) is 11.6 Å². The van der Waals surface area contributed by atoms with Crippen molar-refractivity contribution in [2.45, 2.75) is 34.8 Å². The van der Waals surface area contributed by atoms with Crippen molar-refractivity contribution in [3.63, 3.8) is 0 Å². The molecule has 1 aromatic heterocycles. The van der Waals surface area contributed by atoms with Crippen LogP contribution in [0.4, 0.5) is 0 Å². The van der Waals surface area contributed by atoms with E-state index in [1.807, 2.05) is 6.26 Å². The first-order valence-corrected chi connectivity index (χ1v) is 10.2. The normalized spacial score (nSPS) is 24.6. The summed E-state index contributed by atoms with van der Waals surface area (Å²) in [4.78, 5) is 0. The van der Waals surface area contributed by atoms with E-state index in [0.29, 0.717) is 14.1 Å². The lowest BCUT2D eigenvalue weighted by Crippen LogP contribution is -2.38. The van der Waals surface area contributed by atoms with Gasteiger partial charge in [-0.3, -0.25) is 0 Å². The molecule has 0 bridgehead atoms. The van der Waals surface area contributed by atoms with Crippen LogP contribution in [0.3, 0.4) is 0 Å². The lowest BCUT2D eigenvalue weighted by atomic mass is 10.3. The Morgan fingerprint density at radius 1 is 1.56 bits per heavy atom. The van der Waals surface area contributed by atoms with Gasteiger partial charge in [-0.25, -0.2) is 13.1 Å². The average Bonchev–Trinajstić information content (AvgIpc) is 2.86. The first-order chi connectivity index (χ1) is 8.44. The number of hydrogen-bond acceptors (Lipinski definition) is 4. The molecule has 102 valence electrons. The molecule has 2 atom stereocenters. The van der Waals surface area contributed by atoms with Gasteiger partial charge in [0.05, 0.1) is 8.81 Å². The van der Waals surface area contributed by atoms with Crippen LogP contribution in [0.15, 0.2) is 14.1 Å². The van der Waals surface area contributed by atoms with Crippen molar-refractivity contribution < 1.29 is 8.42 Å². The molecule has 0 spiro atoms. The van der Waals surface area contributed by atoms with Gasteiger partial charge in [0.25, 0.3) is 0 Å².